The van der Waals surface area contributed by atoms with Crippen molar-refractivity contribution in [2.24, 2.45) is 0 Å². The second-order valence-corrected chi connectivity index (χ2v) is 8.08. The van der Waals surface area contributed by atoms with Crippen molar-refractivity contribution in [2.45, 2.75) is 26.4 Å². The molecule has 0 radical (unpaired) electrons. The second-order valence-electron chi connectivity index (χ2n) is 8.08. The standard InChI is InChI=1S/C26H26F3N5.2ClH/c1-3-33(4-2)14-8-13-31-24-16-20(18-9-7-10-19(15-18)26(27,28)29)21(17-30)25-32-22-11-5-6-12-23(22)34(24)25;;/h5-7,9-12,15-16,31H,3-4,8,13-14H2,1-2H3;2*1H. The Hall–Kier alpha value is -2.99. The van der Waals surface area contributed by atoms with Gasteiger partial charge in [-0.1, -0.05) is 38.1 Å². The maximum Gasteiger partial charge on any atom is 0.416 e. The monoisotopic (exact) mass is 537 g/mol. The van der Waals surface area contributed by atoms with Gasteiger partial charge < -0.3 is 10.2 Å². The van der Waals surface area contributed by atoms with Gasteiger partial charge in [0.1, 0.15) is 17.5 Å². The average Bonchev–Trinajstić information content (AvgIpc) is 3.23. The molecule has 4 aromatic rings. The van der Waals surface area contributed by atoms with Crippen LogP contribution >= 0.6 is 24.8 Å². The summed E-state index contributed by atoms with van der Waals surface area (Å²) < 4.78 is 42.0. The Bertz CT molecular complexity index is 1360. The van der Waals surface area contributed by atoms with Gasteiger partial charge in [-0.25, -0.2) is 4.98 Å². The zero-order valence-corrected chi connectivity index (χ0v) is 21.6. The lowest BCUT2D eigenvalue weighted by molar-refractivity contribution is -0.137. The van der Waals surface area contributed by atoms with Crippen LogP contribution in [-0.4, -0.2) is 40.5 Å². The van der Waals surface area contributed by atoms with Gasteiger partial charge in [-0.3, -0.25) is 4.40 Å². The molecule has 0 fully saturated rings. The minimum atomic E-state index is -4.47. The van der Waals surface area contributed by atoms with Gasteiger partial charge in [-0.2, -0.15) is 18.4 Å². The number of hydrogen-bond acceptors (Lipinski definition) is 4. The van der Waals surface area contributed by atoms with E-state index in [0.29, 0.717) is 34.7 Å². The van der Waals surface area contributed by atoms with Crippen LogP contribution in [0.2, 0.25) is 0 Å². The molecular weight excluding hydrogens is 510 g/mol. The summed E-state index contributed by atoms with van der Waals surface area (Å²) in [4.78, 5) is 6.99. The largest absolute Gasteiger partial charge is 0.416 e. The normalized spacial score (nSPS) is 11.2. The molecule has 0 aliphatic rings. The number of para-hydroxylation sites is 2. The number of hydrogen-bond donors (Lipinski definition) is 1. The first-order valence-corrected chi connectivity index (χ1v) is 11.4. The number of aromatic nitrogens is 2. The molecule has 0 aliphatic heterocycles. The molecule has 1 N–H and O–H groups in total. The molecule has 0 saturated heterocycles. The molecule has 36 heavy (non-hydrogen) atoms. The predicted octanol–water partition coefficient (Wildman–Crippen LogP) is 7.03. The summed E-state index contributed by atoms with van der Waals surface area (Å²) >= 11 is 0. The van der Waals surface area contributed by atoms with E-state index in [1.807, 2.05) is 28.7 Å². The summed E-state index contributed by atoms with van der Waals surface area (Å²) in [5.74, 6) is 0.689. The van der Waals surface area contributed by atoms with Gasteiger partial charge in [-0.15, -0.1) is 24.8 Å². The number of nitrogens with one attached hydrogen (secondary N) is 1. The molecule has 4 rings (SSSR count). The van der Waals surface area contributed by atoms with Crippen LogP contribution < -0.4 is 5.32 Å². The molecule has 0 atom stereocenters. The second kappa shape index (κ2) is 12.3. The van der Waals surface area contributed by atoms with Gasteiger partial charge in [0.15, 0.2) is 5.65 Å². The van der Waals surface area contributed by atoms with Crippen molar-refractivity contribution in [2.75, 3.05) is 31.5 Å². The highest BCUT2D eigenvalue weighted by Crippen LogP contribution is 2.36. The van der Waals surface area contributed by atoms with Crippen LogP contribution in [-0.2, 0) is 6.18 Å². The Kier molecular flexibility index (Phi) is 10.00. The van der Waals surface area contributed by atoms with Crippen LogP contribution in [0.1, 0.15) is 31.4 Å². The van der Waals surface area contributed by atoms with Crippen molar-refractivity contribution >= 4 is 47.3 Å². The SMILES string of the molecule is CCN(CC)CCCNc1cc(-c2cccc(C(F)(F)F)c2)c(C#N)c2nc3ccccc3n12.Cl.Cl. The maximum atomic E-state index is 13.4. The predicted molar refractivity (Wildman–Crippen MR) is 143 cm³/mol. The summed E-state index contributed by atoms with van der Waals surface area (Å²) in [5.41, 5.74) is 2.20. The maximum absolute atomic E-state index is 13.4. The van der Waals surface area contributed by atoms with Crippen molar-refractivity contribution in [3.63, 3.8) is 0 Å². The molecular formula is C26H28Cl2F3N5. The Morgan fingerprint density at radius 3 is 2.42 bits per heavy atom. The van der Waals surface area contributed by atoms with Gasteiger partial charge in [0.2, 0.25) is 0 Å². The number of rotatable bonds is 8. The number of pyridine rings is 1. The lowest BCUT2D eigenvalue weighted by atomic mass is 9.99. The molecule has 0 saturated carbocycles. The van der Waals surface area contributed by atoms with E-state index in [2.05, 4.69) is 35.1 Å². The van der Waals surface area contributed by atoms with Gasteiger partial charge in [0.05, 0.1) is 16.6 Å². The molecule has 0 amide bonds. The fraction of sp³-hybridized carbons (Fsp3) is 0.308. The van der Waals surface area contributed by atoms with Gasteiger partial charge in [0.25, 0.3) is 0 Å². The highest BCUT2D eigenvalue weighted by molar-refractivity contribution is 5.89. The third-order valence-electron chi connectivity index (χ3n) is 6.04. The lowest BCUT2D eigenvalue weighted by Gasteiger charge is -2.19. The third kappa shape index (κ3) is 5.86. The number of anilines is 1. The summed E-state index contributed by atoms with van der Waals surface area (Å²) in [6, 6.07) is 16.5. The summed E-state index contributed by atoms with van der Waals surface area (Å²) in [6.07, 6.45) is -3.57. The fourth-order valence-electron chi connectivity index (χ4n) is 4.22. The van der Waals surface area contributed by atoms with E-state index in [1.54, 1.807) is 12.1 Å². The number of alkyl halides is 3. The Balaban J connectivity index is 0.00000228. The number of benzene rings is 2. The van der Waals surface area contributed by atoms with E-state index in [4.69, 9.17) is 0 Å². The van der Waals surface area contributed by atoms with Crippen molar-refractivity contribution in [1.82, 2.24) is 14.3 Å². The van der Waals surface area contributed by atoms with Crippen molar-refractivity contribution in [3.05, 3.63) is 65.7 Å². The average molecular weight is 538 g/mol. The van der Waals surface area contributed by atoms with Crippen molar-refractivity contribution < 1.29 is 13.2 Å². The first-order valence-electron chi connectivity index (χ1n) is 11.4. The summed E-state index contributed by atoms with van der Waals surface area (Å²) in [6.45, 7) is 7.81. The number of nitriles is 1. The zero-order valence-electron chi connectivity index (χ0n) is 20.0. The molecule has 10 heteroatoms. The van der Waals surface area contributed by atoms with Crippen LogP contribution in [0.15, 0.2) is 54.6 Å². The van der Waals surface area contributed by atoms with E-state index in [0.717, 1.165) is 43.7 Å². The highest BCUT2D eigenvalue weighted by atomic mass is 35.5. The van der Waals surface area contributed by atoms with E-state index in [9.17, 15) is 18.4 Å². The van der Waals surface area contributed by atoms with Gasteiger partial charge in [0, 0.05) is 12.1 Å². The molecule has 2 aromatic heterocycles. The number of halogens is 5. The first-order chi connectivity index (χ1) is 16.4. The molecule has 0 spiro atoms. The molecule has 5 nitrogen and oxygen atoms in total. The quantitative estimate of drug-likeness (QED) is 0.245. The molecule has 2 heterocycles. The van der Waals surface area contributed by atoms with Crippen LogP contribution in [0, 0.1) is 11.3 Å². The topological polar surface area (TPSA) is 56.4 Å². The van der Waals surface area contributed by atoms with Crippen LogP contribution in [0.5, 0.6) is 0 Å². The number of nitrogens with zero attached hydrogens (tertiary/aromatic N) is 4. The van der Waals surface area contributed by atoms with Crippen molar-refractivity contribution in [3.8, 4) is 17.2 Å². The third-order valence-corrected chi connectivity index (χ3v) is 6.04. The van der Waals surface area contributed by atoms with E-state index >= 15 is 0 Å². The molecule has 0 aliphatic carbocycles. The summed E-state index contributed by atoms with van der Waals surface area (Å²) in [5, 5.41) is 13.4. The van der Waals surface area contributed by atoms with Gasteiger partial charge >= 0.3 is 6.18 Å². The molecule has 0 bridgehead atoms. The van der Waals surface area contributed by atoms with Crippen LogP contribution in [0.4, 0.5) is 19.0 Å². The van der Waals surface area contributed by atoms with Crippen LogP contribution in [0.25, 0.3) is 27.8 Å². The smallest absolute Gasteiger partial charge is 0.371 e. The van der Waals surface area contributed by atoms with E-state index < -0.39 is 11.7 Å². The zero-order chi connectivity index (χ0) is 24.3. The molecule has 2 aromatic carbocycles. The Labute approximate surface area is 220 Å². The fourth-order valence-corrected chi connectivity index (χ4v) is 4.22. The van der Waals surface area contributed by atoms with E-state index in [-0.39, 0.29) is 30.4 Å². The Morgan fingerprint density at radius 2 is 1.75 bits per heavy atom. The van der Waals surface area contributed by atoms with Crippen LogP contribution in [0.3, 0.4) is 0 Å². The molecule has 192 valence electrons. The highest BCUT2D eigenvalue weighted by Gasteiger charge is 2.31. The molecule has 0 unspecified atom stereocenters. The Morgan fingerprint density at radius 1 is 1.03 bits per heavy atom. The first kappa shape index (κ1) is 29.2. The number of fused-ring (bicyclic) bond motifs is 3. The van der Waals surface area contributed by atoms with E-state index in [1.165, 1.54) is 6.07 Å². The minimum absolute atomic E-state index is 0. The lowest BCUT2D eigenvalue weighted by Crippen LogP contribution is -2.25. The minimum Gasteiger partial charge on any atom is -0.371 e. The number of imidazole rings is 1. The van der Waals surface area contributed by atoms with Crippen molar-refractivity contribution in [1.29, 1.82) is 5.26 Å². The summed E-state index contributed by atoms with van der Waals surface area (Å²) in [7, 11) is 0. The van der Waals surface area contributed by atoms with Gasteiger partial charge in [-0.05, 0) is 62.0 Å².